The first-order valence-electron chi connectivity index (χ1n) is 12.6. The van der Waals surface area contributed by atoms with Crippen molar-refractivity contribution in [1.29, 1.82) is 0 Å². The summed E-state index contributed by atoms with van der Waals surface area (Å²) in [6, 6.07) is 19.6. The van der Waals surface area contributed by atoms with Crippen LogP contribution >= 0.6 is 0 Å². The maximum absolute atomic E-state index is 14.2. The average molecular weight is 529 g/mol. The van der Waals surface area contributed by atoms with E-state index in [2.05, 4.69) is 32.3 Å². The zero-order chi connectivity index (χ0) is 27.8. The number of pyridine rings is 1. The number of aromatic nitrogens is 6. The molecule has 10 nitrogen and oxygen atoms in total. The maximum Gasteiger partial charge on any atom is 0.274 e. The Bertz CT molecular complexity index is 2030. The minimum Gasteiger partial charge on any atom is -0.382 e. The molecule has 6 aromatic rings. The first kappa shape index (κ1) is 24.6. The lowest BCUT2D eigenvalue weighted by molar-refractivity contribution is 0.0932. The number of nitrogen functional groups attached to an aromatic ring is 1. The van der Waals surface area contributed by atoms with Crippen molar-refractivity contribution in [2.45, 2.75) is 13.0 Å². The molecule has 1 unspecified atom stereocenters. The van der Waals surface area contributed by atoms with Gasteiger partial charge in [-0.25, -0.2) is 9.50 Å². The smallest absolute Gasteiger partial charge is 0.274 e. The summed E-state index contributed by atoms with van der Waals surface area (Å²) in [6.45, 7) is 1.82. The second-order valence-corrected chi connectivity index (χ2v) is 9.30. The van der Waals surface area contributed by atoms with Crippen LogP contribution in [0.2, 0.25) is 0 Å². The van der Waals surface area contributed by atoms with Gasteiger partial charge < -0.3 is 11.1 Å². The number of para-hydroxylation sites is 1. The fraction of sp³-hybridized carbons (Fsp3) is 0.100. The van der Waals surface area contributed by atoms with Crippen molar-refractivity contribution in [3.8, 4) is 17.5 Å². The number of nitrogens with one attached hydrogen (secondary N) is 1. The highest BCUT2D eigenvalue weighted by molar-refractivity contribution is 5.98. The lowest BCUT2D eigenvalue weighted by Gasteiger charge is -2.21. The Labute approximate surface area is 228 Å². The molecule has 4 heterocycles. The van der Waals surface area contributed by atoms with Gasteiger partial charge in [-0.1, -0.05) is 42.2 Å². The van der Waals surface area contributed by atoms with Crippen molar-refractivity contribution in [1.82, 2.24) is 34.3 Å². The van der Waals surface area contributed by atoms with Crippen LogP contribution < -0.4 is 16.6 Å². The summed E-state index contributed by atoms with van der Waals surface area (Å²) in [7, 11) is 1.82. The molecule has 0 bridgehead atoms. The molecule has 196 valence electrons. The number of aryl methyl sites for hydroxylation is 1. The van der Waals surface area contributed by atoms with Crippen molar-refractivity contribution in [2.75, 3.05) is 5.73 Å². The van der Waals surface area contributed by atoms with Crippen LogP contribution in [0.1, 0.15) is 40.3 Å². The fourth-order valence-electron chi connectivity index (χ4n) is 4.73. The number of anilines is 1. The summed E-state index contributed by atoms with van der Waals surface area (Å²) in [5.41, 5.74) is 9.02. The summed E-state index contributed by atoms with van der Waals surface area (Å²) in [6.07, 6.45) is 5.04. The predicted molar refractivity (Wildman–Crippen MR) is 152 cm³/mol. The molecule has 4 aromatic heterocycles. The molecule has 1 atom stereocenters. The van der Waals surface area contributed by atoms with Crippen LogP contribution in [0, 0.1) is 11.8 Å². The van der Waals surface area contributed by atoms with Crippen molar-refractivity contribution in [3.05, 3.63) is 118 Å². The Hall–Kier alpha value is -5.69. The molecule has 0 aliphatic rings. The summed E-state index contributed by atoms with van der Waals surface area (Å²) >= 11 is 0. The summed E-state index contributed by atoms with van der Waals surface area (Å²) in [5, 5.41) is 12.5. The monoisotopic (exact) mass is 528 g/mol. The largest absolute Gasteiger partial charge is 0.382 e. The highest BCUT2D eigenvalue weighted by Gasteiger charge is 2.23. The highest BCUT2D eigenvalue weighted by Crippen LogP contribution is 2.24. The van der Waals surface area contributed by atoms with Gasteiger partial charge in [0.25, 0.3) is 11.5 Å². The fourth-order valence-corrected chi connectivity index (χ4v) is 4.73. The van der Waals surface area contributed by atoms with E-state index >= 15 is 0 Å². The Morgan fingerprint density at radius 2 is 1.85 bits per heavy atom. The van der Waals surface area contributed by atoms with E-state index in [1.807, 2.05) is 74.8 Å². The van der Waals surface area contributed by atoms with Crippen LogP contribution in [0.5, 0.6) is 0 Å². The average Bonchev–Trinajstić information content (AvgIpc) is 3.53. The molecule has 0 spiro atoms. The third-order valence-electron chi connectivity index (χ3n) is 6.56. The Morgan fingerprint density at radius 1 is 1.02 bits per heavy atom. The number of amides is 1. The van der Waals surface area contributed by atoms with Crippen LogP contribution in [0.25, 0.3) is 22.1 Å². The van der Waals surface area contributed by atoms with E-state index in [0.717, 1.165) is 5.56 Å². The highest BCUT2D eigenvalue weighted by atomic mass is 16.2. The number of imidazole rings is 1. The lowest BCUT2D eigenvalue weighted by Crippen LogP contribution is -2.33. The van der Waals surface area contributed by atoms with Crippen molar-refractivity contribution in [3.63, 3.8) is 0 Å². The SMILES string of the molecule is CC(NC(=O)c1c(N)nc2cccnn12)c1cc2cccc(C#Cc3cnn(C)c3)c2c(=O)n1-c1ccccc1. The molecular weight excluding hydrogens is 504 g/mol. The predicted octanol–water partition coefficient (Wildman–Crippen LogP) is 3.24. The normalized spacial score (nSPS) is 11.8. The van der Waals surface area contributed by atoms with E-state index in [0.29, 0.717) is 33.4 Å². The van der Waals surface area contributed by atoms with Gasteiger partial charge in [0.2, 0.25) is 0 Å². The van der Waals surface area contributed by atoms with Gasteiger partial charge in [-0.2, -0.15) is 10.2 Å². The van der Waals surface area contributed by atoms with Gasteiger partial charge in [-0.3, -0.25) is 18.8 Å². The zero-order valence-corrected chi connectivity index (χ0v) is 21.7. The molecule has 0 saturated carbocycles. The Balaban J connectivity index is 1.48. The second kappa shape index (κ2) is 9.89. The molecule has 6 rings (SSSR count). The Kier molecular flexibility index (Phi) is 6.09. The van der Waals surface area contributed by atoms with Gasteiger partial charge in [-0.15, -0.1) is 0 Å². The van der Waals surface area contributed by atoms with Crippen LogP contribution in [0.15, 0.2) is 90.1 Å². The molecule has 40 heavy (non-hydrogen) atoms. The number of carbonyl (C=O) groups is 1. The first-order valence-corrected chi connectivity index (χ1v) is 12.6. The summed E-state index contributed by atoms with van der Waals surface area (Å²) in [5.74, 6) is 5.85. The lowest BCUT2D eigenvalue weighted by atomic mass is 10.0. The maximum atomic E-state index is 14.2. The molecule has 3 N–H and O–H groups in total. The molecule has 0 aliphatic heterocycles. The second-order valence-electron chi connectivity index (χ2n) is 9.30. The van der Waals surface area contributed by atoms with E-state index in [-0.39, 0.29) is 17.1 Å². The molecule has 10 heteroatoms. The minimum atomic E-state index is -0.580. The third kappa shape index (κ3) is 4.35. The van der Waals surface area contributed by atoms with E-state index < -0.39 is 11.9 Å². The zero-order valence-electron chi connectivity index (χ0n) is 21.7. The molecule has 0 saturated heterocycles. The molecule has 0 radical (unpaired) electrons. The third-order valence-corrected chi connectivity index (χ3v) is 6.56. The number of nitrogens with two attached hydrogens (primary N) is 1. The number of fused-ring (bicyclic) bond motifs is 2. The van der Waals surface area contributed by atoms with Crippen LogP contribution in [0.3, 0.4) is 0 Å². The number of hydrogen-bond acceptors (Lipinski definition) is 6. The van der Waals surface area contributed by atoms with Gasteiger partial charge in [0.05, 0.1) is 23.2 Å². The van der Waals surface area contributed by atoms with Gasteiger partial charge in [0.15, 0.2) is 17.2 Å². The van der Waals surface area contributed by atoms with E-state index in [1.165, 1.54) is 4.52 Å². The van der Waals surface area contributed by atoms with Crippen molar-refractivity contribution in [2.24, 2.45) is 7.05 Å². The quantitative estimate of drug-likeness (QED) is 0.339. The first-order chi connectivity index (χ1) is 19.4. The Morgan fingerprint density at radius 3 is 2.62 bits per heavy atom. The molecular formula is C30H24N8O2. The van der Waals surface area contributed by atoms with E-state index in [4.69, 9.17) is 5.73 Å². The summed E-state index contributed by atoms with van der Waals surface area (Å²) in [4.78, 5) is 31.8. The van der Waals surface area contributed by atoms with Crippen LogP contribution in [0.4, 0.5) is 5.82 Å². The number of benzene rings is 2. The van der Waals surface area contributed by atoms with Gasteiger partial charge in [0, 0.05) is 36.4 Å². The van der Waals surface area contributed by atoms with Crippen LogP contribution in [-0.4, -0.2) is 34.9 Å². The molecule has 0 aliphatic carbocycles. The molecule has 1 amide bonds. The van der Waals surface area contributed by atoms with Crippen molar-refractivity contribution >= 4 is 28.1 Å². The van der Waals surface area contributed by atoms with E-state index in [9.17, 15) is 9.59 Å². The van der Waals surface area contributed by atoms with Gasteiger partial charge in [0.1, 0.15) is 0 Å². The minimum absolute atomic E-state index is 0.0687. The standard InChI is InChI=1S/C30H24N8O2/c1-19(34-29(39)27-28(31)35-25-12-7-15-32-38(25)27)24-16-22-9-6-8-21(14-13-20-17-33-36(2)18-20)26(22)30(40)37(24)23-10-4-3-5-11-23/h3-12,15-19H,31H2,1-2H3,(H,34,39). The number of rotatable bonds is 4. The van der Waals surface area contributed by atoms with Crippen molar-refractivity contribution < 1.29 is 4.79 Å². The summed E-state index contributed by atoms with van der Waals surface area (Å²) < 4.78 is 4.68. The number of hydrogen-bond donors (Lipinski definition) is 2. The van der Waals surface area contributed by atoms with Gasteiger partial charge in [-0.05, 0) is 48.7 Å². The number of nitrogens with zero attached hydrogens (tertiary/aromatic N) is 6. The van der Waals surface area contributed by atoms with E-state index in [1.54, 1.807) is 33.8 Å². The number of carbonyl (C=O) groups excluding carboxylic acids is 1. The van der Waals surface area contributed by atoms with Crippen LogP contribution in [-0.2, 0) is 7.05 Å². The topological polar surface area (TPSA) is 125 Å². The molecule has 2 aromatic carbocycles. The van der Waals surface area contributed by atoms with Gasteiger partial charge >= 0.3 is 0 Å². The molecule has 0 fully saturated rings.